The Kier molecular flexibility index (Phi) is 6.73. The van der Waals surface area contributed by atoms with Crippen LogP contribution in [0.2, 0.25) is 0 Å². The third kappa shape index (κ3) is 4.86. The average Bonchev–Trinajstić information content (AvgIpc) is 2.76. The number of hydrogen-bond donors (Lipinski definition) is 0. The van der Waals surface area contributed by atoms with Crippen molar-refractivity contribution in [2.24, 2.45) is 5.92 Å². The van der Waals surface area contributed by atoms with Gasteiger partial charge >= 0.3 is 0 Å². The standard InChI is InChI=1S/C26H34N2O2/c1-20(2)28-19-24(30-23-11-7-4-8-12-23)26(28)22-15-17-27(18-16-22)25(29)14-13-21-9-5-3-6-10-21/h3-12,20,22,24,26H,13-19H2,1-2H3/t24-,26-/m0/s1. The van der Waals surface area contributed by atoms with E-state index in [1.807, 2.05) is 48.5 Å². The molecule has 0 aromatic heterocycles. The summed E-state index contributed by atoms with van der Waals surface area (Å²) in [4.78, 5) is 17.3. The Morgan fingerprint density at radius 1 is 1.00 bits per heavy atom. The van der Waals surface area contributed by atoms with E-state index in [0.717, 1.165) is 44.6 Å². The number of piperidine rings is 1. The van der Waals surface area contributed by atoms with Crippen molar-refractivity contribution in [2.75, 3.05) is 19.6 Å². The predicted octanol–water partition coefficient (Wildman–Crippen LogP) is 4.40. The SMILES string of the molecule is CC(C)N1C[C@H](Oc2ccccc2)[C@@H]1C1CCN(C(=O)CCc2ccccc2)CC1. The van der Waals surface area contributed by atoms with Crippen LogP contribution in [-0.4, -0.2) is 53.5 Å². The predicted molar refractivity (Wildman–Crippen MR) is 121 cm³/mol. The van der Waals surface area contributed by atoms with Crippen molar-refractivity contribution >= 4 is 5.91 Å². The van der Waals surface area contributed by atoms with Crippen molar-refractivity contribution in [1.29, 1.82) is 0 Å². The highest BCUT2D eigenvalue weighted by atomic mass is 16.5. The van der Waals surface area contributed by atoms with Crippen LogP contribution in [0.4, 0.5) is 0 Å². The van der Waals surface area contributed by atoms with Crippen molar-refractivity contribution in [3.05, 3.63) is 66.2 Å². The van der Waals surface area contributed by atoms with Crippen LogP contribution in [-0.2, 0) is 11.2 Å². The first-order chi connectivity index (χ1) is 14.6. The van der Waals surface area contributed by atoms with Crippen LogP contribution in [0, 0.1) is 5.92 Å². The molecule has 2 aliphatic rings. The summed E-state index contributed by atoms with van der Waals surface area (Å²) >= 11 is 0. The van der Waals surface area contributed by atoms with Crippen LogP contribution in [0.15, 0.2) is 60.7 Å². The summed E-state index contributed by atoms with van der Waals surface area (Å²) in [5.74, 6) is 1.85. The summed E-state index contributed by atoms with van der Waals surface area (Å²) < 4.78 is 6.34. The number of amides is 1. The number of carbonyl (C=O) groups is 1. The zero-order chi connectivity index (χ0) is 20.9. The van der Waals surface area contributed by atoms with E-state index in [9.17, 15) is 4.79 Å². The quantitative estimate of drug-likeness (QED) is 0.683. The van der Waals surface area contributed by atoms with Crippen molar-refractivity contribution in [1.82, 2.24) is 9.80 Å². The van der Waals surface area contributed by atoms with Crippen molar-refractivity contribution in [2.45, 2.75) is 57.7 Å². The van der Waals surface area contributed by atoms with Gasteiger partial charge in [-0.2, -0.15) is 0 Å². The maximum absolute atomic E-state index is 12.7. The minimum absolute atomic E-state index is 0.250. The topological polar surface area (TPSA) is 32.8 Å². The number of hydrogen-bond acceptors (Lipinski definition) is 3. The van der Waals surface area contributed by atoms with Gasteiger partial charge in [-0.25, -0.2) is 0 Å². The fourth-order valence-electron chi connectivity index (χ4n) is 4.97. The van der Waals surface area contributed by atoms with Gasteiger partial charge < -0.3 is 9.64 Å². The van der Waals surface area contributed by atoms with Crippen LogP contribution in [0.25, 0.3) is 0 Å². The van der Waals surface area contributed by atoms with E-state index in [1.165, 1.54) is 5.56 Å². The van der Waals surface area contributed by atoms with Gasteiger partial charge in [0.1, 0.15) is 11.9 Å². The highest BCUT2D eigenvalue weighted by Gasteiger charge is 2.47. The molecule has 2 aromatic rings. The monoisotopic (exact) mass is 406 g/mol. The second-order valence-corrected chi connectivity index (χ2v) is 8.95. The first kappa shape index (κ1) is 20.9. The Bertz CT molecular complexity index is 800. The molecule has 4 nitrogen and oxygen atoms in total. The van der Waals surface area contributed by atoms with E-state index in [-0.39, 0.29) is 6.10 Å². The number of carbonyl (C=O) groups excluding carboxylic acids is 1. The Hall–Kier alpha value is -2.33. The molecule has 30 heavy (non-hydrogen) atoms. The molecule has 2 atom stereocenters. The van der Waals surface area contributed by atoms with E-state index in [1.54, 1.807) is 0 Å². The van der Waals surface area contributed by atoms with Crippen LogP contribution < -0.4 is 4.74 Å². The lowest BCUT2D eigenvalue weighted by Crippen LogP contribution is -2.68. The average molecular weight is 407 g/mol. The number of nitrogens with zero attached hydrogens (tertiary/aromatic N) is 2. The molecule has 0 unspecified atom stereocenters. The lowest BCUT2D eigenvalue weighted by atomic mass is 9.79. The van der Waals surface area contributed by atoms with Crippen LogP contribution in [0.1, 0.15) is 38.7 Å². The number of likely N-dealkylation sites (tertiary alicyclic amines) is 2. The fourth-order valence-corrected chi connectivity index (χ4v) is 4.97. The molecule has 0 radical (unpaired) electrons. The number of aryl methyl sites for hydroxylation is 1. The van der Waals surface area contributed by atoms with Gasteiger partial charge in [-0.3, -0.25) is 9.69 Å². The molecule has 160 valence electrons. The van der Waals surface area contributed by atoms with Crippen LogP contribution >= 0.6 is 0 Å². The van der Waals surface area contributed by atoms with Crippen molar-refractivity contribution in [3.63, 3.8) is 0 Å². The molecule has 0 spiro atoms. The number of benzene rings is 2. The molecule has 1 amide bonds. The smallest absolute Gasteiger partial charge is 0.222 e. The second-order valence-electron chi connectivity index (χ2n) is 8.95. The summed E-state index contributed by atoms with van der Waals surface area (Å²) in [7, 11) is 0. The molecule has 0 bridgehead atoms. The lowest BCUT2D eigenvalue weighted by molar-refractivity contribution is -0.135. The van der Waals surface area contributed by atoms with Gasteiger partial charge in [-0.05, 0) is 56.7 Å². The largest absolute Gasteiger partial charge is 0.487 e. The highest BCUT2D eigenvalue weighted by Crippen LogP contribution is 2.36. The molecule has 2 saturated heterocycles. The first-order valence-corrected chi connectivity index (χ1v) is 11.4. The summed E-state index contributed by atoms with van der Waals surface area (Å²) in [5, 5.41) is 0. The third-order valence-corrected chi connectivity index (χ3v) is 6.69. The van der Waals surface area contributed by atoms with Crippen molar-refractivity contribution < 1.29 is 9.53 Å². The molecule has 4 heteroatoms. The van der Waals surface area contributed by atoms with Gasteiger partial charge in [0, 0.05) is 32.1 Å². The van der Waals surface area contributed by atoms with E-state index >= 15 is 0 Å². The zero-order valence-electron chi connectivity index (χ0n) is 18.2. The molecule has 2 aromatic carbocycles. The Labute approximate surface area is 180 Å². The molecule has 2 heterocycles. The highest BCUT2D eigenvalue weighted by molar-refractivity contribution is 5.76. The first-order valence-electron chi connectivity index (χ1n) is 11.4. The summed E-state index contributed by atoms with van der Waals surface area (Å²) in [6.45, 7) is 7.28. The number of rotatable bonds is 7. The molecular formula is C26H34N2O2. The van der Waals surface area contributed by atoms with Gasteiger partial charge in [-0.15, -0.1) is 0 Å². The zero-order valence-corrected chi connectivity index (χ0v) is 18.2. The van der Waals surface area contributed by atoms with Crippen molar-refractivity contribution in [3.8, 4) is 5.75 Å². The molecular weight excluding hydrogens is 372 g/mol. The molecule has 4 rings (SSSR count). The second kappa shape index (κ2) is 9.65. The summed E-state index contributed by atoms with van der Waals surface area (Å²) in [6.07, 6.45) is 3.83. The molecule has 0 saturated carbocycles. The van der Waals surface area contributed by atoms with Gasteiger partial charge in [0.25, 0.3) is 0 Å². The Morgan fingerprint density at radius 3 is 2.27 bits per heavy atom. The number of ether oxygens (including phenoxy) is 1. The molecule has 2 aliphatic heterocycles. The van der Waals surface area contributed by atoms with Crippen LogP contribution in [0.5, 0.6) is 5.75 Å². The third-order valence-electron chi connectivity index (χ3n) is 6.69. The molecule has 2 fully saturated rings. The Balaban J connectivity index is 1.30. The summed E-state index contributed by atoms with van der Waals surface area (Å²) in [6, 6.07) is 21.5. The molecule has 0 N–H and O–H groups in total. The minimum Gasteiger partial charge on any atom is -0.487 e. The van der Waals surface area contributed by atoms with E-state index < -0.39 is 0 Å². The van der Waals surface area contributed by atoms with E-state index in [0.29, 0.717) is 30.3 Å². The number of para-hydroxylation sites is 1. The maximum Gasteiger partial charge on any atom is 0.222 e. The normalized spacial score (nSPS) is 22.7. The lowest BCUT2D eigenvalue weighted by Gasteiger charge is -2.54. The Morgan fingerprint density at radius 2 is 1.63 bits per heavy atom. The summed E-state index contributed by atoms with van der Waals surface area (Å²) in [5.41, 5.74) is 1.24. The van der Waals surface area contributed by atoms with Gasteiger partial charge in [0.15, 0.2) is 0 Å². The van der Waals surface area contributed by atoms with Crippen LogP contribution in [0.3, 0.4) is 0 Å². The fraction of sp³-hybridized carbons (Fsp3) is 0.500. The maximum atomic E-state index is 12.7. The van der Waals surface area contributed by atoms with Gasteiger partial charge in [0.2, 0.25) is 5.91 Å². The van der Waals surface area contributed by atoms with Gasteiger partial charge in [0.05, 0.1) is 6.04 Å². The van der Waals surface area contributed by atoms with E-state index in [2.05, 4.69) is 35.8 Å². The minimum atomic E-state index is 0.250. The van der Waals surface area contributed by atoms with E-state index in [4.69, 9.17) is 4.74 Å². The van der Waals surface area contributed by atoms with Gasteiger partial charge in [-0.1, -0.05) is 48.5 Å². The molecule has 0 aliphatic carbocycles.